The van der Waals surface area contributed by atoms with Gasteiger partial charge < -0.3 is 9.80 Å². The zero-order chi connectivity index (χ0) is 24.3. The summed E-state index contributed by atoms with van der Waals surface area (Å²) in [5.74, 6) is -0.751. The van der Waals surface area contributed by atoms with Crippen molar-refractivity contribution in [1.29, 1.82) is 0 Å². The van der Waals surface area contributed by atoms with Gasteiger partial charge in [-0.25, -0.2) is 0 Å². The molecular weight excluding hydrogens is 444 g/mol. The lowest BCUT2D eigenvalue weighted by Crippen LogP contribution is -2.49. The van der Waals surface area contributed by atoms with E-state index in [1.807, 2.05) is 53.4 Å². The van der Waals surface area contributed by atoms with Gasteiger partial charge in [0.05, 0.1) is 6.54 Å². The van der Waals surface area contributed by atoms with Crippen LogP contribution in [0.1, 0.15) is 76.3 Å². The van der Waals surface area contributed by atoms with Gasteiger partial charge in [-0.1, -0.05) is 94.3 Å². The molecule has 1 aliphatic heterocycles. The Morgan fingerprint density at radius 2 is 1.53 bits per heavy atom. The molecular formula is C29H39ClN2O2. The van der Waals surface area contributed by atoms with E-state index in [1.54, 1.807) is 4.90 Å². The fourth-order valence-corrected chi connectivity index (χ4v) is 4.83. The molecule has 2 amide bonds. The van der Waals surface area contributed by atoms with Crippen LogP contribution >= 0.6 is 11.6 Å². The molecule has 0 aliphatic carbocycles. The molecule has 0 saturated heterocycles. The van der Waals surface area contributed by atoms with Crippen molar-refractivity contribution in [3.8, 4) is 0 Å². The van der Waals surface area contributed by atoms with E-state index in [-0.39, 0.29) is 11.8 Å². The maximum absolute atomic E-state index is 13.7. The Morgan fingerprint density at radius 1 is 0.912 bits per heavy atom. The van der Waals surface area contributed by atoms with Crippen LogP contribution in [0.25, 0.3) is 0 Å². The van der Waals surface area contributed by atoms with Crippen LogP contribution < -0.4 is 4.90 Å². The smallest absolute Gasteiger partial charge is 0.240 e. The zero-order valence-corrected chi connectivity index (χ0v) is 21.5. The van der Waals surface area contributed by atoms with Crippen molar-refractivity contribution in [3.63, 3.8) is 0 Å². The second-order valence-electron chi connectivity index (χ2n) is 9.38. The number of halogens is 1. The summed E-state index contributed by atoms with van der Waals surface area (Å²) in [7, 11) is 0. The molecule has 1 heterocycles. The zero-order valence-electron chi connectivity index (χ0n) is 20.8. The molecule has 0 spiro atoms. The number of rotatable bonds is 13. The molecule has 2 aromatic rings. The second-order valence-corrected chi connectivity index (χ2v) is 9.82. The quantitative estimate of drug-likeness (QED) is 0.227. The summed E-state index contributed by atoms with van der Waals surface area (Å²) in [6, 6.07) is 15.5. The number of benzene rings is 2. The van der Waals surface area contributed by atoms with E-state index in [9.17, 15) is 9.59 Å². The highest BCUT2D eigenvalue weighted by Gasteiger charge is 2.39. The van der Waals surface area contributed by atoms with Gasteiger partial charge in [-0.15, -0.1) is 0 Å². The SMILES string of the molecule is CCCCCCN(CCCCCC)C(=O)C1Cc2ccccc2N(Cc2ccc(Cl)cc2)C1=O. The highest BCUT2D eigenvalue weighted by Crippen LogP contribution is 2.33. The molecule has 0 radical (unpaired) electrons. The van der Waals surface area contributed by atoms with Crippen LogP contribution in [-0.4, -0.2) is 29.8 Å². The maximum atomic E-state index is 13.7. The van der Waals surface area contributed by atoms with Crippen molar-refractivity contribution in [2.45, 2.75) is 78.2 Å². The second kappa shape index (κ2) is 13.5. The van der Waals surface area contributed by atoms with E-state index in [4.69, 9.17) is 11.6 Å². The van der Waals surface area contributed by atoms with E-state index in [1.165, 1.54) is 25.7 Å². The largest absolute Gasteiger partial charge is 0.342 e. The van der Waals surface area contributed by atoms with Crippen molar-refractivity contribution in [2.75, 3.05) is 18.0 Å². The number of carbonyl (C=O) groups is 2. The number of unbranched alkanes of at least 4 members (excludes halogenated alkanes) is 6. The van der Waals surface area contributed by atoms with Gasteiger partial charge in [0, 0.05) is 23.8 Å². The Morgan fingerprint density at radius 3 is 2.15 bits per heavy atom. The van der Waals surface area contributed by atoms with Gasteiger partial charge in [0.1, 0.15) is 5.92 Å². The van der Waals surface area contributed by atoms with Crippen LogP contribution in [0.3, 0.4) is 0 Å². The lowest BCUT2D eigenvalue weighted by Gasteiger charge is -2.36. The number of fused-ring (bicyclic) bond motifs is 1. The lowest BCUT2D eigenvalue weighted by molar-refractivity contribution is -0.141. The molecule has 184 valence electrons. The first kappa shape index (κ1) is 26.3. The summed E-state index contributed by atoms with van der Waals surface area (Å²) in [6.45, 7) is 6.31. The first-order valence-corrected chi connectivity index (χ1v) is 13.4. The normalized spacial score (nSPS) is 15.3. The number of amides is 2. The minimum absolute atomic E-state index is 0.00592. The summed E-state index contributed by atoms with van der Waals surface area (Å²) >= 11 is 6.06. The molecule has 0 aromatic heterocycles. The maximum Gasteiger partial charge on any atom is 0.240 e. The summed E-state index contributed by atoms with van der Waals surface area (Å²) in [4.78, 5) is 31.2. The number of hydrogen-bond donors (Lipinski definition) is 0. The molecule has 0 fully saturated rings. The van der Waals surface area contributed by atoms with Gasteiger partial charge >= 0.3 is 0 Å². The van der Waals surface area contributed by atoms with E-state index < -0.39 is 5.92 Å². The molecule has 4 nitrogen and oxygen atoms in total. The summed E-state index contributed by atoms with van der Waals surface area (Å²) in [6.07, 6.45) is 9.43. The van der Waals surface area contributed by atoms with Gasteiger partial charge in [-0.2, -0.15) is 0 Å². The summed E-state index contributed by atoms with van der Waals surface area (Å²) in [5.41, 5.74) is 2.96. The predicted molar refractivity (Wildman–Crippen MR) is 141 cm³/mol. The highest BCUT2D eigenvalue weighted by atomic mass is 35.5. The van der Waals surface area contributed by atoms with E-state index in [0.29, 0.717) is 18.0 Å². The van der Waals surface area contributed by atoms with Crippen LogP contribution in [0, 0.1) is 5.92 Å². The number of carbonyl (C=O) groups excluding carboxylic acids is 2. The third kappa shape index (κ3) is 7.09. The molecule has 0 saturated carbocycles. The summed E-state index contributed by atoms with van der Waals surface area (Å²) < 4.78 is 0. The van der Waals surface area contributed by atoms with Crippen LogP contribution in [-0.2, 0) is 22.6 Å². The minimum Gasteiger partial charge on any atom is -0.342 e. The number of hydrogen-bond acceptors (Lipinski definition) is 2. The minimum atomic E-state index is -0.653. The average molecular weight is 483 g/mol. The fourth-order valence-electron chi connectivity index (χ4n) is 4.70. The molecule has 2 aromatic carbocycles. The van der Waals surface area contributed by atoms with Crippen molar-refractivity contribution >= 4 is 29.1 Å². The molecule has 5 heteroatoms. The van der Waals surface area contributed by atoms with Crippen molar-refractivity contribution < 1.29 is 9.59 Å². The monoisotopic (exact) mass is 482 g/mol. The number of para-hydroxylation sites is 1. The van der Waals surface area contributed by atoms with Gasteiger partial charge in [-0.3, -0.25) is 9.59 Å². The Labute approximate surface area is 210 Å². The summed E-state index contributed by atoms with van der Waals surface area (Å²) in [5, 5.41) is 0.670. The van der Waals surface area contributed by atoms with Crippen LogP contribution in [0.5, 0.6) is 0 Å². The Kier molecular flexibility index (Phi) is 10.5. The fraction of sp³-hybridized carbons (Fsp3) is 0.517. The molecule has 1 unspecified atom stereocenters. The third-order valence-corrected chi connectivity index (χ3v) is 6.95. The van der Waals surface area contributed by atoms with E-state index in [2.05, 4.69) is 13.8 Å². The van der Waals surface area contributed by atoms with Gasteiger partial charge in [0.15, 0.2) is 0 Å². The first-order valence-electron chi connectivity index (χ1n) is 13.0. The van der Waals surface area contributed by atoms with Crippen molar-refractivity contribution in [2.24, 2.45) is 5.92 Å². The Hall–Kier alpha value is -2.33. The van der Waals surface area contributed by atoms with Gasteiger partial charge in [0.2, 0.25) is 11.8 Å². The topological polar surface area (TPSA) is 40.6 Å². The molecule has 1 atom stereocenters. The number of anilines is 1. The molecule has 1 aliphatic rings. The van der Waals surface area contributed by atoms with Crippen molar-refractivity contribution in [1.82, 2.24) is 4.90 Å². The van der Waals surface area contributed by atoms with Crippen LogP contribution in [0.2, 0.25) is 5.02 Å². The average Bonchev–Trinajstić information content (AvgIpc) is 2.85. The highest BCUT2D eigenvalue weighted by molar-refractivity contribution is 6.30. The predicted octanol–water partition coefficient (Wildman–Crippen LogP) is 7.03. The van der Waals surface area contributed by atoms with Gasteiger partial charge in [-0.05, 0) is 48.6 Å². The standard InChI is InChI=1S/C29H39ClN2O2/c1-3-5-7-11-19-31(20-12-8-6-4-2)28(33)26-21-24-13-9-10-14-27(24)32(29(26)34)22-23-15-17-25(30)18-16-23/h9-10,13-18,26H,3-8,11-12,19-22H2,1-2H3. The molecule has 3 rings (SSSR count). The molecule has 0 N–H and O–H groups in total. The number of nitrogens with zero attached hydrogens (tertiary/aromatic N) is 2. The van der Waals surface area contributed by atoms with E-state index in [0.717, 1.165) is 55.6 Å². The van der Waals surface area contributed by atoms with Gasteiger partial charge in [0.25, 0.3) is 0 Å². The first-order chi connectivity index (χ1) is 16.5. The van der Waals surface area contributed by atoms with Crippen LogP contribution in [0.15, 0.2) is 48.5 Å². The molecule has 34 heavy (non-hydrogen) atoms. The van der Waals surface area contributed by atoms with E-state index >= 15 is 0 Å². The lowest BCUT2D eigenvalue weighted by atomic mass is 9.90. The Bertz CT molecular complexity index is 916. The van der Waals surface area contributed by atoms with Crippen LogP contribution in [0.4, 0.5) is 5.69 Å². The Balaban J connectivity index is 1.79. The molecule has 0 bridgehead atoms. The van der Waals surface area contributed by atoms with Crippen molar-refractivity contribution in [3.05, 3.63) is 64.7 Å². The third-order valence-electron chi connectivity index (χ3n) is 6.70.